The van der Waals surface area contributed by atoms with Gasteiger partial charge in [0.15, 0.2) is 0 Å². The molecule has 0 radical (unpaired) electrons. The molecule has 2 N–H and O–H groups in total. The second-order valence-electron chi connectivity index (χ2n) is 4.91. The van der Waals surface area contributed by atoms with Gasteiger partial charge in [0.05, 0.1) is 0 Å². The van der Waals surface area contributed by atoms with E-state index in [2.05, 4.69) is 15.6 Å². The Morgan fingerprint density at radius 2 is 2.00 bits per heavy atom. The van der Waals surface area contributed by atoms with Crippen LogP contribution in [0.5, 0.6) is 0 Å². The van der Waals surface area contributed by atoms with Crippen LogP contribution in [0.1, 0.15) is 23.2 Å². The molecule has 1 aromatic carbocycles. The van der Waals surface area contributed by atoms with Crippen LogP contribution < -0.4 is 10.6 Å². The van der Waals surface area contributed by atoms with Crippen molar-refractivity contribution in [1.29, 1.82) is 5.26 Å². The standard InChI is InChI=1S/C17H18N4O/c1-13-7-8-16(21-15(13)11-18)19-10-9-17(22)20-12-14-5-3-2-4-6-14/h2-8H,9-10,12H2,1H3,(H,19,21)(H,20,22). The van der Waals surface area contributed by atoms with Crippen molar-refractivity contribution in [3.05, 3.63) is 59.3 Å². The third-order valence-electron chi connectivity index (χ3n) is 3.19. The van der Waals surface area contributed by atoms with E-state index in [4.69, 9.17) is 5.26 Å². The van der Waals surface area contributed by atoms with Crippen LogP contribution in [-0.4, -0.2) is 17.4 Å². The van der Waals surface area contributed by atoms with Gasteiger partial charge in [-0.3, -0.25) is 4.79 Å². The Morgan fingerprint density at radius 1 is 1.23 bits per heavy atom. The van der Waals surface area contributed by atoms with E-state index in [0.29, 0.717) is 31.0 Å². The summed E-state index contributed by atoms with van der Waals surface area (Å²) in [5.74, 6) is 0.585. The molecule has 5 nitrogen and oxygen atoms in total. The van der Waals surface area contributed by atoms with Crippen LogP contribution in [0, 0.1) is 18.3 Å². The topological polar surface area (TPSA) is 77.8 Å². The smallest absolute Gasteiger partial charge is 0.222 e. The molecule has 22 heavy (non-hydrogen) atoms. The van der Waals surface area contributed by atoms with E-state index in [1.165, 1.54) is 0 Å². The number of pyridine rings is 1. The number of carbonyl (C=O) groups is 1. The fourth-order valence-corrected chi connectivity index (χ4v) is 1.93. The molecule has 0 aliphatic rings. The number of hydrogen-bond acceptors (Lipinski definition) is 4. The Balaban J connectivity index is 1.74. The van der Waals surface area contributed by atoms with Crippen molar-refractivity contribution in [1.82, 2.24) is 10.3 Å². The van der Waals surface area contributed by atoms with Crippen molar-refractivity contribution in [2.45, 2.75) is 19.9 Å². The largest absolute Gasteiger partial charge is 0.370 e. The molecular formula is C17H18N4O. The molecule has 2 rings (SSSR count). The molecule has 0 aliphatic heterocycles. The molecule has 0 aliphatic carbocycles. The van der Waals surface area contributed by atoms with E-state index in [1.807, 2.05) is 49.4 Å². The molecule has 1 aromatic heterocycles. The van der Waals surface area contributed by atoms with Gasteiger partial charge in [-0.2, -0.15) is 5.26 Å². The number of nitrogens with zero attached hydrogens (tertiary/aromatic N) is 2. The summed E-state index contributed by atoms with van der Waals surface area (Å²) in [6.07, 6.45) is 0.351. The lowest BCUT2D eigenvalue weighted by atomic mass is 10.2. The Labute approximate surface area is 130 Å². The third kappa shape index (κ3) is 4.60. The Morgan fingerprint density at radius 3 is 2.73 bits per heavy atom. The van der Waals surface area contributed by atoms with Gasteiger partial charge in [-0.05, 0) is 24.1 Å². The van der Waals surface area contributed by atoms with Gasteiger partial charge in [-0.1, -0.05) is 36.4 Å². The van der Waals surface area contributed by atoms with Crippen LogP contribution in [0.15, 0.2) is 42.5 Å². The first-order valence-electron chi connectivity index (χ1n) is 7.11. The summed E-state index contributed by atoms with van der Waals surface area (Å²) < 4.78 is 0. The first kappa shape index (κ1) is 15.5. The zero-order chi connectivity index (χ0) is 15.8. The van der Waals surface area contributed by atoms with Crippen molar-refractivity contribution in [2.24, 2.45) is 0 Å². The summed E-state index contributed by atoms with van der Waals surface area (Å²) >= 11 is 0. The maximum absolute atomic E-state index is 11.8. The van der Waals surface area contributed by atoms with Crippen LogP contribution >= 0.6 is 0 Å². The molecule has 0 atom stereocenters. The minimum Gasteiger partial charge on any atom is -0.370 e. The zero-order valence-electron chi connectivity index (χ0n) is 12.5. The molecule has 5 heteroatoms. The normalized spacial score (nSPS) is 9.82. The van der Waals surface area contributed by atoms with Crippen molar-refractivity contribution < 1.29 is 4.79 Å². The first-order valence-corrected chi connectivity index (χ1v) is 7.11. The number of amides is 1. The zero-order valence-corrected chi connectivity index (χ0v) is 12.5. The van der Waals surface area contributed by atoms with E-state index in [-0.39, 0.29) is 5.91 Å². The van der Waals surface area contributed by atoms with Gasteiger partial charge in [0.1, 0.15) is 17.6 Å². The van der Waals surface area contributed by atoms with Gasteiger partial charge in [-0.25, -0.2) is 4.98 Å². The van der Waals surface area contributed by atoms with Crippen LogP contribution in [0.25, 0.3) is 0 Å². The Hall–Kier alpha value is -2.87. The maximum Gasteiger partial charge on any atom is 0.222 e. The van der Waals surface area contributed by atoms with Crippen LogP contribution in [0.4, 0.5) is 5.82 Å². The third-order valence-corrected chi connectivity index (χ3v) is 3.19. The predicted molar refractivity (Wildman–Crippen MR) is 85.1 cm³/mol. The number of rotatable bonds is 6. The number of anilines is 1. The lowest BCUT2D eigenvalue weighted by Crippen LogP contribution is -2.25. The van der Waals surface area contributed by atoms with Crippen LogP contribution in [0.3, 0.4) is 0 Å². The quantitative estimate of drug-likeness (QED) is 0.857. The highest BCUT2D eigenvalue weighted by Gasteiger charge is 2.03. The molecule has 1 heterocycles. The van der Waals surface area contributed by atoms with Crippen molar-refractivity contribution >= 4 is 11.7 Å². The molecular weight excluding hydrogens is 276 g/mol. The highest BCUT2D eigenvalue weighted by molar-refractivity contribution is 5.76. The summed E-state index contributed by atoms with van der Waals surface area (Å²) in [6.45, 7) is 2.84. The van der Waals surface area contributed by atoms with Gasteiger partial charge >= 0.3 is 0 Å². The summed E-state index contributed by atoms with van der Waals surface area (Å²) in [5, 5.41) is 14.8. The van der Waals surface area contributed by atoms with E-state index >= 15 is 0 Å². The van der Waals surface area contributed by atoms with E-state index in [1.54, 1.807) is 6.07 Å². The molecule has 0 saturated heterocycles. The number of nitrogens with one attached hydrogen (secondary N) is 2. The fourth-order valence-electron chi connectivity index (χ4n) is 1.93. The van der Waals surface area contributed by atoms with Gasteiger partial charge in [0.25, 0.3) is 0 Å². The number of hydrogen-bond donors (Lipinski definition) is 2. The molecule has 0 saturated carbocycles. The minimum absolute atomic E-state index is 0.0241. The average molecular weight is 294 g/mol. The maximum atomic E-state index is 11.8. The van der Waals surface area contributed by atoms with Crippen molar-refractivity contribution in [2.75, 3.05) is 11.9 Å². The van der Waals surface area contributed by atoms with Gasteiger partial charge in [-0.15, -0.1) is 0 Å². The van der Waals surface area contributed by atoms with Gasteiger partial charge < -0.3 is 10.6 Å². The first-order chi connectivity index (χ1) is 10.7. The van der Waals surface area contributed by atoms with E-state index in [0.717, 1.165) is 11.1 Å². The highest BCUT2D eigenvalue weighted by Crippen LogP contribution is 2.09. The Bertz CT molecular complexity index is 677. The molecule has 112 valence electrons. The summed E-state index contributed by atoms with van der Waals surface area (Å²) in [5.41, 5.74) is 2.31. The predicted octanol–water partition coefficient (Wildman–Crippen LogP) is 2.38. The van der Waals surface area contributed by atoms with Gasteiger partial charge in [0.2, 0.25) is 5.91 Å². The van der Waals surface area contributed by atoms with Gasteiger partial charge in [0, 0.05) is 19.5 Å². The van der Waals surface area contributed by atoms with Crippen molar-refractivity contribution in [3.8, 4) is 6.07 Å². The Kier molecular flexibility index (Phi) is 5.50. The van der Waals surface area contributed by atoms with Crippen LogP contribution in [-0.2, 0) is 11.3 Å². The summed E-state index contributed by atoms with van der Waals surface area (Å²) in [7, 11) is 0. The number of nitriles is 1. The number of aryl methyl sites for hydroxylation is 1. The molecule has 1 amide bonds. The molecule has 2 aromatic rings. The molecule has 0 unspecified atom stereocenters. The fraction of sp³-hybridized carbons (Fsp3) is 0.235. The molecule has 0 bridgehead atoms. The lowest BCUT2D eigenvalue weighted by molar-refractivity contribution is -0.121. The number of carbonyl (C=O) groups excluding carboxylic acids is 1. The highest BCUT2D eigenvalue weighted by atomic mass is 16.1. The van der Waals surface area contributed by atoms with Crippen LogP contribution in [0.2, 0.25) is 0 Å². The molecule has 0 spiro atoms. The number of benzene rings is 1. The average Bonchev–Trinajstić information content (AvgIpc) is 2.55. The molecule has 0 fully saturated rings. The number of aromatic nitrogens is 1. The monoisotopic (exact) mass is 294 g/mol. The second-order valence-corrected chi connectivity index (χ2v) is 4.91. The SMILES string of the molecule is Cc1ccc(NCCC(=O)NCc2ccccc2)nc1C#N. The second kappa shape index (κ2) is 7.79. The summed E-state index contributed by atoms with van der Waals surface area (Å²) in [4.78, 5) is 15.9. The van der Waals surface area contributed by atoms with Crippen molar-refractivity contribution in [3.63, 3.8) is 0 Å². The van der Waals surface area contributed by atoms with E-state index < -0.39 is 0 Å². The van der Waals surface area contributed by atoms with E-state index in [9.17, 15) is 4.79 Å². The summed E-state index contributed by atoms with van der Waals surface area (Å²) in [6, 6.07) is 15.5. The lowest BCUT2D eigenvalue weighted by Gasteiger charge is -2.08. The minimum atomic E-state index is -0.0241.